The highest BCUT2D eigenvalue weighted by atomic mass is 16.4. The van der Waals surface area contributed by atoms with E-state index < -0.39 is 11.5 Å². The Balaban J connectivity index is 2.90. The maximum absolute atomic E-state index is 12.5. The quantitative estimate of drug-likeness (QED) is 0.834. The summed E-state index contributed by atoms with van der Waals surface area (Å²) in [7, 11) is 1.75. The normalized spacial score (nSPS) is 22.9. The Morgan fingerprint density at radius 1 is 1.42 bits per heavy atom. The Hall–Kier alpha value is -1.26. The van der Waals surface area contributed by atoms with Crippen molar-refractivity contribution < 1.29 is 14.7 Å². The van der Waals surface area contributed by atoms with Crippen LogP contribution in [0.2, 0.25) is 0 Å². The molecule has 110 valence electrons. The number of carboxylic acids is 1. The maximum Gasteiger partial charge on any atom is 0.329 e. The largest absolute Gasteiger partial charge is 0.479 e. The number of urea groups is 1. The fraction of sp³-hybridized carbons (Fsp3) is 0.857. The van der Waals surface area contributed by atoms with Crippen molar-refractivity contribution in [2.24, 2.45) is 5.92 Å². The van der Waals surface area contributed by atoms with Gasteiger partial charge in [-0.25, -0.2) is 9.59 Å². The van der Waals surface area contributed by atoms with Crippen LogP contribution < -0.4 is 0 Å². The lowest BCUT2D eigenvalue weighted by Gasteiger charge is -2.37. The highest BCUT2D eigenvalue weighted by Gasteiger charge is 2.49. The third-order valence-corrected chi connectivity index (χ3v) is 3.75. The highest BCUT2D eigenvalue weighted by Crippen LogP contribution is 2.34. The lowest BCUT2D eigenvalue weighted by Crippen LogP contribution is -2.56. The van der Waals surface area contributed by atoms with Gasteiger partial charge in [-0.2, -0.15) is 0 Å². The number of hydrogen-bond donors (Lipinski definition) is 1. The molecule has 1 heterocycles. The topological polar surface area (TPSA) is 60.9 Å². The van der Waals surface area contributed by atoms with Gasteiger partial charge in [-0.05, 0) is 25.2 Å². The molecular weight excluding hydrogens is 244 g/mol. The van der Waals surface area contributed by atoms with Gasteiger partial charge in [-0.3, -0.25) is 0 Å². The average molecular weight is 270 g/mol. The molecule has 1 aliphatic heterocycles. The molecule has 1 fully saturated rings. The minimum atomic E-state index is -0.989. The summed E-state index contributed by atoms with van der Waals surface area (Å²) in [6.45, 7) is 7.25. The predicted molar refractivity (Wildman–Crippen MR) is 74.1 cm³/mol. The van der Waals surface area contributed by atoms with Crippen molar-refractivity contribution in [3.8, 4) is 0 Å². The summed E-state index contributed by atoms with van der Waals surface area (Å²) >= 11 is 0. The molecule has 1 aliphatic rings. The summed E-state index contributed by atoms with van der Waals surface area (Å²) in [5, 5.41) is 9.57. The number of carbonyl (C=O) groups excluding carboxylic acids is 1. The molecule has 2 amide bonds. The lowest BCUT2D eigenvalue weighted by molar-refractivity contribution is -0.148. The van der Waals surface area contributed by atoms with Gasteiger partial charge in [0.25, 0.3) is 0 Å². The molecular formula is C14H26N2O3. The van der Waals surface area contributed by atoms with Crippen LogP contribution in [-0.2, 0) is 4.79 Å². The summed E-state index contributed by atoms with van der Waals surface area (Å²) in [6, 6.07) is -0.151. The molecule has 5 heteroatoms. The van der Waals surface area contributed by atoms with Crippen LogP contribution >= 0.6 is 0 Å². The summed E-state index contributed by atoms with van der Waals surface area (Å²) in [5.41, 5.74) is -0.989. The number of amides is 2. The first kappa shape index (κ1) is 15.8. The zero-order valence-corrected chi connectivity index (χ0v) is 12.5. The van der Waals surface area contributed by atoms with E-state index in [9.17, 15) is 14.7 Å². The first-order valence-corrected chi connectivity index (χ1v) is 7.11. The van der Waals surface area contributed by atoms with Crippen molar-refractivity contribution >= 4 is 12.0 Å². The molecule has 0 aliphatic carbocycles. The van der Waals surface area contributed by atoms with Crippen molar-refractivity contribution in [2.45, 2.75) is 52.0 Å². The second kappa shape index (κ2) is 6.26. The zero-order chi connectivity index (χ0) is 14.6. The van der Waals surface area contributed by atoms with Gasteiger partial charge in [0.05, 0.1) is 0 Å². The van der Waals surface area contributed by atoms with Crippen LogP contribution in [0.3, 0.4) is 0 Å². The number of carboxylic acid groups (broad SMARTS) is 1. The number of hydrogen-bond acceptors (Lipinski definition) is 2. The Kier molecular flexibility index (Phi) is 5.20. The summed E-state index contributed by atoms with van der Waals surface area (Å²) in [6.07, 6.45) is 2.64. The zero-order valence-electron chi connectivity index (χ0n) is 12.5. The molecule has 1 saturated heterocycles. The van der Waals surface area contributed by atoms with Gasteiger partial charge in [-0.1, -0.05) is 27.2 Å². The molecule has 0 aromatic carbocycles. The number of aliphatic carboxylic acids is 1. The molecule has 0 spiro atoms. The van der Waals surface area contributed by atoms with Crippen LogP contribution in [0.25, 0.3) is 0 Å². The van der Waals surface area contributed by atoms with Gasteiger partial charge in [-0.15, -0.1) is 0 Å². The predicted octanol–water partition coefficient (Wildman–Crippen LogP) is 2.41. The van der Waals surface area contributed by atoms with Gasteiger partial charge in [0.15, 0.2) is 0 Å². The van der Waals surface area contributed by atoms with E-state index in [-0.39, 0.29) is 6.03 Å². The van der Waals surface area contributed by atoms with E-state index in [1.807, 2.05) is 20.8 Å². The van der Waals surface area contributed by atoms with Gasteiger partial charge >= 0.3 is 12.0 Å². The number of carbonyl (C=O) groups is 2. The fourth-order valence-electron chi connectivity index (χ4n) is 2.99. The van der Waals surface area contributed by atoms with E-state index in [1.54, 1.807) is 16.8 Å². The second-order valence-electron chi connectivity index (χ2n) is 5.90. The maximum atomic E-state index is 12.5. The smallest absolute Gasteiger partial charge is 0.329 e. The van der Waals surface area contributed by atoms with Crippen LogP contribution in [-0.4, -0.2) is 52.6 Å². The van der Waals surface area contributed by atoms with E-state index >= 15 is 0 Å². The van der Waals surface area contributed by atoms with E-state index in [2.05, 4.69) is 0 Å². The van der Waals surface area contributed by atoms with E-state index in [0.717, 1.165) is 12.8 Å². The Morgan fingerprint density at radius 2 is 2.05 bits per heavy atom. The molecule has 0 saturated carbocycles. The molecule has 0 aromatic rings. The number of nitrogens with zero attached hydrogens (tertiary/aromatic N) is 2. The van der Waals surface area contributed by atoms with Crippen molar-refractivity contribution in [2.75, 3.05) is 20.1 Å². The first-order chi connectivity index (χ1) is 8.85. The Labute approximate surface area is 115 Å². The molecule has 0 radical (unpaired) electrons. The molecule has 1 unspecified atom stereocenters. The number of likely N-dealkylation sites (tertiary alicyclic amines) is 1. The third-order valence-electron chi connectivity index (χ3n) is 3.75. The monoisotopic (exact) mass is 270 g/mol. The van der Waals surface area contributed by atoms with Gasteiger partial charge in [0.2, 0.25) is 0 Å². The molecule has 1 N–H and O–H groups in total. The van der Waals surface area contributed by atoms with Crippen LogP contribution in [0.4, 0.5) is 4.79 Å². The molecule has 1 atom stereocenters. The van der Waals surface area contributed by atoms with Crippen molar-refractivity contribution in [3.63, 3.8) is 0 Å². The van der Waals surface area contributed by atoms with Crippen LogP contribution in [0, 0.1) is 5.92 Å². The van der Waals surface area contributed by atoms with Gasteiger partial charge < -0.3 is 14.9 Å². The van der Waals surface area contributed by atoms with Crippen molar-refractivity contribution in [1.29, 1.82) is 0 Å². The van der Waals surface area contributed by atoms with Crippen LogP contribution in [0.1, 0.15) is 46.5 Å². The van der Waals surface area contributed by atoms with Crippen molar-refractivity contribution in [1.82, 2.24) is 9.80 Å². The van der Waals surface area contributed by atoms with Crippen LogP contribution in [0.15, 0.2) is 0 Å². The number of rotatable bonds is 5. The lowest BCUT2D eigenvalue weighted by atomic mass is 9.91. The van der Waals surface area contributed by atoms with Crippen LogP contribution in [0.5, 0.6) is 0 Å². The van der Waals surface area contributed by atoms with E-state index in [1.165, 1.54) is 0 Å². The molecule has 0 aromatic heterocycles. The molecule has 5 nitrogen and oxygen atoms in total. The summed E-state index contributed by atoms with van der Waals surface area (Å²) in [4.78, 5) is 27.3. The summed E-state index contributed by atoms with van der Waals surface area (Å²) < 4.78 is 0. The minimum absolute atomic E-state index is 0.151. The third kappa shape index (κ3) is 3.19. The second-order valence-corrected chi connectivity index (χ2v) is 5.90. The molecule has 1 rings (SSSR count). The Morgan fingerprint density at radius 3 is 2.53 bits per heavy atom. The fourth-order valence-corrected chi connectivity index (χ4v) is 2.99. The summed E-state index contributed by atoms with van der Waals surface area (Å²) in [5.74, 6) is -0.486. The molecule has 19 heavy (non-hydrogen) atoms. The first-order valence-electron chi connectivity index (χ1n) is 7.11. The molecule has 0 bridgehead atoms. The average Bonchev–Trinajstić information content (AvgIpc) is 2.72. The Bertz CT molecular complexity index is 344. The van der Waals surface area contributed by atoms with E-state index in [4.69, 9.17) is 0 Å². The van der Waals surface area contributed by atoms with Crippen molar-refractivity contribution in [3.05, 3.63) is 0 Å². The van der Waals surface area contributed by atoms with E-state index in [0.29, 0.717) is 31.8 Å². The highest BCUT2D eigenvalue weighted by molar-refractivity contribution is 5.87. The minimum Gasteiger partial charge on any atom is -0.479 e. The SMILES string of the molecule is CCCC1(C(=O)O)CCCN1C(=O)N(C)CC(C)C. The van der Waals surface area contributed by atoms with Gasteiger partial charge in [0, 0.05) is 20.1 Å². The van der Waals surface area contributed by atoms with Gasteiger partial charge in [0.1, 0.15) is 5.54 Å². The standard InChI is InChI=1S/C14H26N2O3/c1-5-7-14(12(17)18)8-6-9-16(14)13(19)15(4)10-11(2)3/h11H,5-10H2,1-4H3,(H,17,18).